The number of hydrogen-bond acceptors (Lipinski definition) is 3. The summed E-state index contributed by atoms with van der Waals surface area (Å²) in [5.41, 5.74) is 1.71. The summed E-state index contributed by atoms with van der Waals surface area (Å²) in [6.07, 6.45) is -0.388. The van der Waals surface area contributed by atoms with Crippen molar-refractivity contribution in [3.05, 3.63) is 33.8 Å². The van der Waals surface area contributed by atoms with Crippen molar-refractivity contribution in [2.45, 2.75) is 59.2 Å². The van der Waals surface area contributed by atoms with Crippen LogP contribution in [0.3, 0.4) is 0 Å². The molecule has 0 radical (unpaired) electrons. The van der Waals surface area contributed by atoms with E-state index in [1.807, 2.05) is 34.6 Å². The number of rotatable bonds is 5. The van der Waals surface area contributed by atoms with Crippen molar-refractivity contribution >= 4 is 22.0 Å². The normalized spacial score (nSPS) is 12.1. The number of amides is 1. The highest BCUT2D eigenvalue weighted by Gasteiger charge is 2.21. The van der Waals surface area contributed by atoms with Crippen LogP contribution in [0, 0.1) is 6.92 Å². The molecule has 0 atom stereocenters. The summed E-state index contributed by atoms with van der Waals surface area (Å²) in [6.45, 7) is 13.0. The topological polar surface area (TPSA) is 50.4 Å². The molecule has 5 heteroatoms. The molecular weight excluding hydrogens is 344 g/mol. The zero-order valence-electron chi connectivity index (χ0n) is 14.3. The lowest BCUT2D eigenvalue weighted by Gasteiger charge is -2.28. The van der Waals surface area contributed by atoms with Crippen LogP contribution in [0.4, 0.5) is 4.79 Å². The van der Waals surface area contributed by atoms with Crippen molar-refractivity contribution in [2.75, 3.05) is 6.54 Å². The third-order valence-corrected chi connectivity index (χ3v) is 3.94. The molecule has 1 rings (SSSR count). The lowest BCUT2D eigenvalue weighted by atomic mass is 10.0. The summed E-state index contributed by atoms with van der Waals surface area (Å²) in [4.78, 5) is 11.7. The number of carbonyl (C=O) groups excluding carboxylic acids is 1. The van der Waals surface area contributed by atoms with Crippen molar-refractivity contribution in [3.8, 4) is 0 Å². The number of aryl methyl sites for hydroxylation is 1. The van der Waals surface area contributed by atoms with Gasteiger partial charge < -0.3 is 15.4 Å². The standard InChI is InChI=1S/C17H27BrN2O2/c1-12-7-8-13(9-14(12)18)10-20-17(5,6)11-19-15(21)22-16(2,3)4/h7-9,20H,10-11H2,1-6H3,(H,19,21). The van der Waals surface area contributed by atoms with Gasteiger partial charge in [-0.05, 0) is 58.7 Å². The van der Waals surface area contributed by atoms with Gasteiger partial charge in [-0.15, -0.1) is 0 Å². The Morgan fingerprint density at radius 3 is 2.41 bits per heavy atom. The molecule has 0 spiro atoms. The van der Waals surface area contributed by atoms with Gasteiger partial charge in [0, 0.05) is 23.1 Å². The third kappa shape index (κ3) is 7.27. The van der Waals surface area contributed by atoms with Crippen LogP contribution in [0.15, 0.2) is 22.7 Å². The number of nitrogens with one attached hydrogen (secondary N) is 2. The number of benzene rings is 1. The second-order valence-corrected chi connectivity index (χ2v) is 8.03. The summed E-state index contributed by atoms with van der Waals surface area (Å²) in [5, 5.41) is 6.25. The molecule has 0 saturated heterocycles. The number of alkyl carbamates (subject to hydrolysis) is 1. The summed E-state index contributed by atoms with van der Waals surface area (Å²) >= 11 is 3.54. The minimum absolute atomic E-state index is 0.228. The molecule has 1 aromatic carbocycles. The van der Waals surface area contributed by atoms with E-state index in [-0.39, 0.29) is 11.6 Å². The van der Waals surface area contributed by atoms with Crippen LogP contribution in [0.1, 0.15) is 45.7 Å². The van der Waals surface area contributed by atoms with Gasteiger partial charge in [0.15, 0.2) is 0 Å². The molecule has 0 aliphatic carbocycles. The Balaban J connectivity index is 2.46. The predicted octanol–water partition coefficient (Wildman–Crippen LogP) is 4.15. The molecular formula is C17H27BrN2O2. The number of ether oxygens (including phenoxy) is 1. The van der Waals surface area contributed by atoms with E-state index in [1.165, 1.54) is 11.1 Å². The Bertz CT molecular complexity index is 522. The van der Waals surface area contributed by atoms with Crippen LogP contribution in [0.5, 0.6) is 0 Å². The summed E-state index contributed by atoms with van der Waals surface area (Å²) in [7, 11) is 0. The first-order valence-electron chi connectivity index (χ1n) is 7.45. The van der Waals surface area contributed by atoms with Crippen LogP contribution in [0.2, 0.25) is 0 Å². The third-order valence-electron chi connectivity index (χ3n) is 3.08. The van der Waals surface area contributed by atoms with E-state index in [0.29, 0.717) is 6.54 Å². The van der Waals surface area contributed by atoms with Gasteiger partial charge in [-0.3, -0.25) is 0 Å². The highest BCUT2D eigenvalue weighted by molar-refractivity contribution is 9.10. The van der Waals surface area contributed by atoms with Gasteiger partial charge in [0.1, 0.15) is 5.60 Å². The Hall–Kier alpha value is -1.07. The van der Waals surface area contributed by atoms with E-state index in [0.717, 1.165) is 11.0 Å². The molecule has 0 aliphatic heterocycles. The Kier molecular flexibility index (Phi) is 6.44. The molecule has 0 aromatic heterocycles. The summed E-state index contributed by atoms with van der Waals surface area (Å²) in [5.74, 6) is 0. The maximum atomic E-state index is 11.7. The Morgan fingerprint density at radius 1 is 1.23 bits per heavy atom. The SMILES string of the molecule is Cc1ccc(CNC(C)(C)CNC(=O)OC(C)(C)C)cc1Br. The van der Waals surface area contributed by atoms with Crippen molar-refractivity contribution in [1.82, 2.24) is 10.6 Å². The fraction of sp³-hybridized carbons (Fsp3) is 0.588. The molecule has 4 nitrogen and oxygen atoms in total. The molecule has 1 aromatic rings. The van der Waals surface area contributed by atoms with Gasteiger partial charge in [-0.2, -0.15) is 0 Å². The lowest BCUT2D eigenvalue weighted by Crippen LogP contribution is -2.49. The van der Waals surface area contributed by atoms with E-state index >= 15 is 0 Å². The van der Waals surface area contributed by atoms with Crippen LogP contribution < -0.4 is 10.6 Å². The zero-order valence-corrected chi connectivity index (χ0v) is 15.9. The van der Waals surface area contributed by atoms with Gasteiger partial charge in [0.25, 0.3) is 0 Å². The van der Waals surface area contributed by atoms with E-state index in [4.69, 9.17) is 4.74 Å². The first-order valence-corrected chi connectivity index (χ1v) is 8.25. The van der Waals surface area contributed by atoms with Gasteiger partial charge in [-0.25, -0.2) is 4.79 Å². The van der Waals surface area contributed by atoms with E-state index in [2.05, 4.69) is 51.7 Å². The van der Waals surface area contributed by atoms with Crippen LogP contribution in [-0.4, -0.2) is 23.8 Å². The molecule has 0 heterocycles. The van der Waals surface area contributed by atoms with E-state index in [9.17, 15) is 4.79 Å². The second kappa shape index (κ2) is 7.47. The fourth-order valence-electron chi connectivity index (χ4n) is 1.76. The molecule has 0 aliphatic rings. The number of halogens is 1. The van der Waals surface area contributed by atoms with Gasteiger partial charge >= 0.3 is 6.09 Å². The van der Waals surface area contributed by atoms with Crippen LogP contribution in [0.25, 0.3) is 0 Å². The summed E-state index contributed by atoms with van der Waals surface area (Å²) in [6, 6.07) is 6.30. The first kappa shape index (κ1) is 19.0. The molecule has 22 heavy (non-hydrogen) atoms. The summed E-state index contributed by atoms with van der Waals surface area (Å²) < 4.78 is 6.35. The van der Waals surface area contributed by atoms with E-state index < -0.39 is 5.60 Å². The monoisotopic (exact) mass is 370 g/mol. The van der Waals surface area contributed by atoms with Crippen molar-refractivity contribution in [1.29, 1.82) is 0 Å². The van der Waals surface area contributed by atoms with Crippen LogP contribution >= 0.6 is 15.9 Å². The maximum Gasteiger partial charge on any atom is 0.407 e. The molecule has 0 unspecified atom stereocenters. The number of hydrogen-bond donors (Lipinski definition) is 2. The minimum atomic E-state index is -0.476. The minimum Gasteiger partial charge on any atom is -0.444 e. The van der Waals surface area contributed by atoms with Gasteiger partial charge in [0.2, 0.25) is 0 Å². The van der Waals surface area contributed by atoms with Crippen molar-refractivity contribution in [3.63, 3.8) is 0 Å². The largest absolute Gasteiger partial charge is 0.444 e. The Morgan fingerprint density at radius 2 is 1.86 bits per heavy atom. The smallest absolute Gasteiger partial charge is 0.407 e. The average Bonchev–Trinajstić information content (AvgIpc) is 2.36. The maximum absolute atomic E-state index is 11.7. The molecule has 1 amide bonds. The second-order valence-electron chi connectivity index (χ2n) is 7.18. The highest BCUT2D eigenvalue weighted by atomic mass is 79.9. The van der Waals surface area contributed by atoms with E-state index in [1.54, 1.807) is 0 Å². The Labute approximate surface area is 142 Å². The number of carbonyl (C=O) groups is 1. The van der Waals surface area contributed by atoms with Gasteiger partial charge in [-0.1, -0.05) is 28.1 Å². The van der Waals surface area contributed by atoms with Crippen molar-refractivity contribution in [2.24, 2.45) is 0 Å². The molecule has 0 fully saturated rings. The molecule has 124 valence electrons. The molecule has 0 saturated carbocycles. The lowest BCUT2D eigenvalue weighted by molar-refractivity contribution is 0.0513. The first-order chi connectivity index (χ1) is 9.98. The predicted molar refractivity (Wildman–Crippen MR) is 94.0 cm³/mol. The fourth-order valence-corrected chi connectivity index (χ4v) is 2.18. The molecule has 2 N–H and O–H groups in total. The van der Waals surface area contributed by atoms with Gasteiger partial charge in [0.05, 0.1) is 0 Å². The highest BCUT2D eigenvalue weighted by Crippen LogP contribution is 2.18. The van der Waals surface area contributed by atoms with Crippen LogP contribution in [-0.2, 0) is 11.3 Å². The molecule has 0 bridgehead atoms. The zero-order chi connectivity index (χ0) is 17.0. The quantitative estimate of drug-likeness (QED) is 0.818. The average molecular weight is 371 g/mol. The van der Waals surface area contributed by atoms with Crippen molar-refractivity contribution < 1.29 is 9.53 Å².